The van der Waals surface area contributed by atoms with Crippen molar-refractivity contribution in [3.63, 3.8) is 0 Å². The van der Waals surface area contributed by atoms with Gasteiger partial charge in [0, 0.05) is 11.6 Å². The molecule has 0 aliphatic carbocycles. The maximum atomic E-state index is 13.4. The van der Waals surface area contributed by atoms with Crippen LogP contribution in [0, 0.1) is 0 Å². The van der Waals surface area contributed by atoms with Crippen LogP contribution in [0.15, 0.2) is 95.9 Å². The van der Waals surface area contributed by atoms with Gasteiger partial charge in [0.25, 0.3) is 10.0 Å². The summed E-state index contributed by atoms with van der Waals surface area (Å²) in [7, 11) is -4.06. The Kier molecular flexibility index (Phi) is 6.88. The van der Waals surface area contributed by atoms with E-state index in [1.54, 1.807) is 18.2 Å². The number of sulfonamides is 1. The third kappa shape index (κ3) is 5.14. The van der Waals surface area contributed by atoms with Crippen molar-refractivity contribution in [1.29, 1.82) is 0 Å². The Balaban J connectivity index is 1.61. The second-order valence-electron chi connectivity index (χ2n) is 7.34. The van der Waals surface area contributed by atoms with Crippen LogP contribution in [0.1, 0.15) is 5.56 Å². The van der Waals surface area contributed by atoms with Crippen LogP contribution in [0.2, 0.25) is 10.0 Å². The molecule has 0 heterocycles. The van der Waals surface area contributed by atoms with E-state index in [4.69, 9.17) is 23.2 Å². The van der Waals surface area contributed by atoms with Crippen LogP contribution in [0.4, 0.5) is 5.69 Å². The van der Waals surface area contributed by atoms with Crippen molar-refractivity contribution in [1.82, 2.24) is 5.32 Å². The summed E-state index contributed by atoms with van der Waals surface area (Å²) < 4.78 is 27.8. The van der Waals surface area contributed by atoms with Crippen molar-refractivity contribution in [3.8, 4) is 0 Å². The first-order valence-corrected chi connectivity index (χ1v) is 12.3. The van der Waals surface area contributed by atoms with E-state index in [1.807, 2.05) is 42.5 Å². The van der Waals surface area contributed by atoms with E-state index >= 15 is 0 Å². The monoisotopic (exact) mass is 498 g/mol. The summed E-state index contributed by atoms with van der Waals surface area (Å²) in [5.74, 6) is -0.464. The van der Waals surface area contributed by atoms with Crippen molar-refractivity contribution in [2.75, 3.05) is 10.8 Å². The fourth-order valence-corrected chi connectivity index (χ4v) is 5.55. The lowest BCUT2D eigenvalue weighted by Crippen LogP contribution is -2.40. The average Bonchev–Trinajstić information content (AvgIpc) is 2.82. The maximum absolute atomic E-state index is 13.4. The normalized spacial score (nSPS) is 11.3. The highest BCUT2D eigenvalue weighted by atomic mass is 35.5. The number of carbonyl (C=O) groups is 1. The summed E-state index contributed by atoms with van der Waals surface area (Å²) >= 11 is 12.3. The lowest BCUT2D eigenvalue weighted by atomic mass is 10.0. The lowest BCUT2D eigenvalue weighted by molar-refractivity contribution is -0.119. The van der Waals surface area contributed by atoms with E-state index in [9.17, 15) is 13.2 Å². The second kappa shape index (κ2) is 9.83. The Morgan fingerprint density at radius 1 is 0.848 bits per heavy atom. The maximum Gasteiger partial charge on any atom is 0.264 e. The van der Waals surface area contributed by atoms with Crippen LogP contribution in [-0.2, 0) is 21.4 Å². The predicted molar refractivity (Wildman–Crippen MR) is 133 cm³/mol. The first kappa shape index (κ1) is 23.1. The number of nitrogens with one attached hydrogen (secondary N) is 1. The first-order chi connectivity index (χ1) is 15.9. The van der Waals surface area contributed by atoms with Gasteiger partial charge >= 0.3 is 0 Å². The molecule has 33 heavy (non-hydrogen) atoms. The molecule has 0 aromatic heterocycles. The zero-order valence-electron chi connectivity index (χ0n) is 17.4. The van der Waals surface area contributed by atoms with Crippen molar-refractivity contribution in [3.05, 3.63) is 107 Å². The molecule has 4 aromatic rings. The SMILES string of the molecule is O=C(CN(c1ccc(Cl)cc1Cl)S(=O)(=O)c1ccccc1)NCc1cccc2ccccc12. The number of carbonyl (C=O) groups excluding carboxylic acids is 1. The van der Waals surface area contributed by atoms with E-state index in [1.165, 1.54) is 30.3 Å². The molecule has 0 aliphatic rings. The van der Waals surface area contributed by atoms with E-state index < -0.39 is 22.5 Å². The number of benzene rings is 4. The van der Waals surface area contributed by atoms with Crippen LogP contribution in [-0.4, -0.2) is 20.9 Å². The van der Waals surface area contributed by atoms with E-state index in [-0.39, 0.29) is 22.2 Å². The Morgan fingerprint density at radius 2 is 1.55 bits per heavy atom. The number of hydrogen-bond donors (Lipinski definition) is 1. The van der Waals surface area contributed by atoms with Gasteiger partial charge in [-0.05, 0) is 46.7 Å². The van der Waals surface area contributed by atoms with Crippen LogP contribution in [0.25, 0.3) is 10.8 Å². The van der Waals surface area contributed by atoms with Gasteiger partial charge in [-0.2, -0.15) is 0 Å². The van der Waals surface area contributed by atoms with Gasteiger partial charge in [0.15, 0.2) is 0 Å². The summed E-state index contributed by atoms with van der Waals surface area (Å²) in [5, 5.41) is 5.41. The Hall–Kier alpha value is -3.06. The fraction of sp³-hybridized carbons (Fsp3) is 0.0800. The molecule has 0 saturated carbocycles. The molecule has 0 fully saturated rings. The van der Waals surface area contributed by atoms with E-state index in [0.717, 1.165) is 20.6 Å². The van der Waals surface area contributed by atoms with Gasteiger partial charge in [-0.3, -0.25) is 9.10 Å². The van der Waals surface area contributed by atoms with Gasteiger partial charge in [-0.25, -0.2) is 8.42 Å². The number of nitrogens with zero attached hydrogens (tertiary/aromatic N) is 1. The molecule has 0 radical (unpaired) electrons. The van der Waals surface area contributed by atoms with Gasteiger partial charge in [-0.15, -0.1) is 0 Å². The van der Waals surface area contributed by atoms with Crippen molar-refractivity contribution in [2.24, 2.45) is 0 Å². The molecule has 1 N–H and O–H groups in total. The lowest BCUT2D eigenvalue weighted by Gasteiger charge is -2.25. The summed E-state index contributed by atoms with van der Waals surface area (Å²) in [6.45, 7) is -0.183. The van der Waals surface area contributed by atoms with Crippen LogP contribution < -0.4 is 9.62 Å². The molecule has 4 rings (SSSR count). The second-order valence-corrected chi connectivity index (χ2v) is 10.0. The Bertz CT molecular complexity index is 1400. The molecule has 0 unspecified atom stereocenters. The number of halogens is 2. The molecule has 0 spiro atoms. The molecule has 5 nitrogen and oxygen atoms in total. The van der Waals surface area contributed by atoms with Crippen LogP contribution in [0.3, 0.4) is 0 Å². The number of amides is 1. The van der Waals surface area contributed by atoms with Crippen molar-refractivity contribution >= 4 is 55.6 Å². The third-order valence-electron chi connectivity index (χ3n) is 5.15. The molecule has 0 atom stereocenters. The standard InChI is InChI=1S/C25H20Cl2N2O3S/c26-20-13-14-24(23(27)15-20)29(33(31,32)21-10-2-1-3-11-21)17-25(30)28-16-19-9-6-8-18-7-4-5-12-22(18)19/h1-15H,16-17H2,(H,28,30). The van der Waals surface area contributed by atoms with E-state index in [0.29, 0.717) is 5.02 Å². The van der Waals surface area contributed by atoms with Gasteiger partial charge in [0.05, 0.1) is 15.6 Å². The van der Waals surface area contributed by atoms with Gasteiger partial charge in [0.1, 0.15) is 6.54 Å². The molecule has 8 heteroatoms. The molecule has 168 valence electrons. The Labute approximate surface area is 202 Å². The van der Waals surface area contributed by atoms with Crippen molar-refractivity contribution < 1.29 is 13.2 Å². The molecule has 0 saturated heterocycles. The predicted octanol–water partition coefficient (Wildman–Crippen LogP) is 5.66. The van der Waals surface area contributed by atoms with Crippen LogP contribution >= 0.6 is 23.2 Å². The summed E-state index contributed by atoms with van der Waals surface area (Å²) in [5.41, 5.74) is 1.11. The molecule has 0 aliphatic heterocycles. The zero-order valence-corrected chi connectivity index (χ0v) is 19.7. The Morgan fingerprint density at radius 3 is 2.30 bits per heavy atom. The number of hydrogen-bond acceptors (Lipinski definition) is 3. The first-order valence-electron chi connectivity index (χ1n) is 10.1. The van der Waals surface area contributed by atoms with Gasteiger partial charge in [-0.1, -0.05) is 83.9 Å². The van der Waals surface area contributed by atoms with E-state index in [2.05, 4.69) is 5.32 Å². The molecule has 0 bridgehead atoms. The smallest absolute Gasteiger partial charge is 0.264 e. The number of anilines is 1. The number of fused-ring (bicyclic) bond motifs is 1. The summed E-state index contributed by atoms with van der Waals surface area (Å²) in [6.07, 6.45) is 0. The highest BCUT2D eigenvalue weighted by Gasteiger charge is 2.28. The molecule has 4 aromatic carbocycles. The minimum Gasteiger partial charge on any atom is -0.350 e. The molecule has 1 amide bonds. The molecular formula is C25H20Cl2N2O3S. The van der Waals surface area contributed by atoms with Crippen LogP contribution in [0.5, 0.6) is 0 Å². The fourth-order valence-electron chi connectivity index (χ4n) is 3.53. The average molecular weight is 499 g/mol. The summed E-state index contributed by atoms with van der Waals surface area (Å²) in [4.78, 5) is 13.0. The van der Waals surface area contributed by atoms with Crippen molar-refractivity contribution in [2.45, 2.75) is 11.4 Å². The van der Waals surface area contributed by atoms with Gasteiger partial charge < -0.3 is 5.32 Å². The highest BCUT2D eigenvalue weighted by molar-refractivity contribution is 7.92. The van der Waals surface area contributed by atoms with Gasteiger partial charge in [0.2, 0.25) is 5.91 Å². The molecular weight excluding hydrogens is 479 g/mol. The quantitative estimate of drug-likeness (QED) is 0.357. The summed E-state index contributed by atoms with van der Waals surface area (Å²) in [6, 6.07) is 26.1. The topological polar surface area (TPSA) is 66.5 Å². The highest BCUT2D eigenvalue weighted by Crippen LogP contribution is 2.32. The minimum atomic E-state index is -4.06. The largest absolute Gasteiger partial charge is 0.350 e. The number of rotatable bonds is 7. The third-order valence-corrected chi connectivity index (χ3v) is 7.46. The zero-order chi connectivity index (χ0) is 23.4. The minimum absolute atomic E-state index is 0.0536.